The lowest BCUT2D eigenvalue weighted by molar-refractivity contribution is 0.0949. The SMILES string of the molecule is COc1ccccc1-n1c(Cc2ccccc2)nnc1SCc1ccc(C(=O)NCC(C)C)cc1. The molecule has 0 radical (unpaired) electrons. The number of carbonyl (C=O) groups is 1. The molecule has 1 heterocycles. The summed E-state index contributed by atoms with van der Waals surface area (Å²) in [4.78, 5) is 12.3. The Kier molecular flexibility index (Phi) is 8.21. The molecule has 0 aliphatic rings. The van der Waals surface area contributed by atoms with Gasteiger partial charge in [-0.25, -0.2) is 0 Å². The molecule has 180 valence electrons. The molecule has 1 amide bonds. The summed E-state index contributed by atoms with van der Waals surface area (Å²) in [7, 11) is 1.67. The maximum atomic E-state index is 12.3. The van der Waals surface area contributed by atoms with Crippen LogP contribution in [0.1, 0.15) is 41.2 Å². The third-order valence-electron chi connectivity index (χ3n) is 5.49. The van der Waals surface area contributed by atoms with Crippen LogP contribution in [-0.2, 0) is 12.2 Å². The Bertz CT molecular complexity index is 1250. The fraction of sp³-hybridized carbons (Fsp3) is 0.250. The molecule has 1 N–H and O–H groups in total. The topological polar surface area (TPSA) is 69.0 Å². The van der Waals surface area contributed by atoms with E-state index in [4.69, 9.17) is 4.74 Å². The van der Waals surface area contributed by atoms with Gasteiger partial charge in [-0.3, -0.25) is 9.36 Å². The van der Waals surface area contributed by atoms with E-state index in [1.165, 1.54) is 5.56 Å². The highest BCUT2D eigenvalue weighted by molar-refractivity contribution is 7.98. The van der Waals surface area contributed by atoms with Gasteiger partial charge in [-0.15, -0.1) is 10.2 Å². The zero-order valence-corrected chi connectivity index (χ0v) is 21.1. The van der Waals surface area contributed by atoms with E-state index in [9.17, 15) is 4.79 Å². The smallest absolute Gasteiger partial charge is 0.251 e. The number of hydrogen-bond acceptors (Lipinski definition) is 5. The molecule has 0 saturated heterocycles. The lowest BCUT2D eigenvalue weighted by atomic mass is 10.1. The van der Waals surface area contributed by atoms with Crippen LogP contribution in [0.15, 0.2) is 84.0 Å². The summed E-state index contributed by atoms with van der Waals surface area (Å²) in [5, 5.41) is 12.8. The molecule has 0 bridgehead atoms. The van der Waals surface area contributed by atoms with Crippen molar-refractivity contribution in [3.63, 3.8) is 0 Å². The highest BCUT2D eigenvalue weighted by Gasteiger charge is 2.18. The number of amides is 1. The molecular weight excluding hydrogens is 456 g/mol. The predicted molar refractivity (Wildman–Crippen MR) is 140 cm³/mol. The minimum Gasteiger partial charge on any atom is -0.495 e. The molecule has 0 aliphatic carbocycles. The molecule has 0 unspecified atom stereocenters. The van der Waals surface area contributed by atoms with Gasteiger partial charge in [0.15, 0.2) is 5.16 Å². The highest BCUT2D eigenvalue weighted by Crippen LogP contribution is 2.31. The van der Waals surface area contributed by atoms with Gasteiger partial charge in [-0.2, -0.15) is 0 Å². The predicted octanol–water partition coefficient (Wildman–Crippen LogP) is 5.54. The molecule has 4 rings (SSSR count). The highest BCUT2D eigenvalue weighted by atomic mass is 32.2. The van der Waals surface area contributed by atoms with Gasteiger partial charge in [-0.1, -0.05) is 80.2 Å². The second-order valence-electron chi connectivity index (χ2n) is 8.66. The first-order chi connectivity index (χ1) is 17.0. The van der Waals surface area contributed by atoms with Gasteiger partial charge in [0.1, 0.15) is 11.6 Å². The fourth-order valence-corrected chi connectivity index (χ4v) is 4.56. The molecule has 0 spiro atoms. The number of ether oxygens (including phenoxy) is 1. The molecule has 3 aromatic carbocycles. The number of aromatic nitrogens is 3. The monoisotopic (exact) mass is 486 g/mol. The van der Waals surface area contributed by atoms with Crippen LogP contribution in [0.2, 0.25) is 0 Å². The Balaban J connectivity index is 1.55. The number of nitrogens with zero attached hydrogens (tertiary/aromatic N) is 3. The van der Waals surface area contributed by atoms with Gasteiger partial charge in [-0.05, 0) is 41.3 Å². The number of methoxy groups -OCH3 is 1. The van der Waals surface area contributed by atoms with Gasteiger partial charge in [0.2, 0.25) is 0 Å². The van der Waals surface area contributed by atoms with E-state index in [2.05, 4.69) is 46.1 Å². The molecular formula is C28H30N4O2S. The summed E-state index contributed by atoms with van der Waals surface area (Å²) in [6.45, 7) is 4.83. The number of nitrogens with one attached hydrogen (secondary N) is 1. The van der Waals surface area contributed by atoms with Crippen molar-refractivity contribution in [3.8, 4) is 11.4 Å². The Morgan fingerprint density at radius 1 is 0.943 bits per heavy atom. The van der Waals surface area contributed by atoms with E-state index in [1.54, 1.807) is 18.9 Å². The molecule has 4 aromatic rings. The Hall–Kier alpha value is -3.58. The van der Waals surface area contributed by atoms with Crippen molar-refractivity contribution >= 4 is 17.7 Å². The Morgan fingerprint density at radius 3 is 2.37 bits per heavy atom. The van der Waals surface area contributed by atoms with E-state index >= 15 is 0 Å². The van der Waals surface area contributed by atoms with E-state index in [-0.39, 0.29) is 5.91 Å². The lowest BCUT2D eigenvalue weighted by Crippen LogP contribution is -2.27. The van der Waals surface area contributed by atoms with Crippen LogP contribution < -0.4 is 10.1 Å². The average molecular weight is 487 g/mol. The first kappa shape index (κ1) is 24.5. The van der Waals surface area contributed by atoms with Gasteiger partial charge in [0, 0.05) is 24.3 Å². The summed E-state index contributed by atoms with van der Waals surface area (Å²) in [6.07, 6.45) is 0.659. The molecule has 0 fully saturated rings. The summed E-state index contributed by atoms with van der Waals surface area (Å²) in [6, 6.07) is 25.9. The van der Waals surface area contributed by atoms with Gasteiger partial charge < -0.3 is 10.1 Å². The largest absolute Gasteiger partial charge is 0.495 e. The van der Waals surface area contributed by atoms with Crippen LogP contribution in [0, 0.1) is 5.92 Å². The molecule has 35 heavy (non-hydrogen) atoms. The number of carbonyl (C=O) groups excluding carboxylic acids is 1. The summed E-state index contributed by atoms with van der Waals surface area (Å²) in [5.74, 6) is 2.69. The van der Waals surface area contributed by atoms with E-state index in [1.807, 2.05) is 66.7 Å². The van der Waals surface area contributed by atoms with E-state index < -0.39 is 0 Å². The third-order valence-corrected chi connectivity index (χ3v) is 6.49. The number of benzene rings is 3. The standard InChI is InChI=1S/C28H30N4O2S/c1-20(2)18-29-27(33)23-15-13-22(14-16-23)19-35-28-31-30-26(17-21-9-5-4-6-10-21)32(28)24-11-7-8-12-25(24)34-3/h4-16,20H,17-19H2,1-3H3,(H,29,33). The zero-order chi connectivity index (χ0) is 24.6. The molecule has 0 aliphatic heterocycles. The van der Waals surface area contributed by atoms with E-state index in [0.29, 0.717) is 30.2 Å². The van der Waals surface area contributed by atoms with Crippen molar-refractivity contribution in [2.75, 3.05) is 13.7 Å². The van der Waals surface area contributed by atoms with Crippen molar-refractivity contribution < 1.29 is 9.53 Å². The van der Waals surface area contributed by atoms with Gasteiger partial charge in [0.05, 0.1) is 12.8 Å². The lowest BCUT2D eigenvalue weighted by Gasteiger charge is -2.14. The van der Waals surface area contributed by atoms with Crippen molar-refractivity contribution in [1.29, 1.82) is 0 Å². The van der Waals surface area contributed by atoms with Crippen LogP contribution in [0.4, 0.5) is 0 Å². The average Bonchev–Trinajstić information content (AvgIpc) is 3.28. The maximum Gasteiger partial charge on any atom is 0.251 e. The summed E-state index contributed by atoms with van der Waals surface area (Å²) in [5.41, 5.74) is 3.85. The fourth-order valence-electron chi connectivity index (χ4n) is 3.64. The summed E-state index contributed by atoms with van der Waals surface area (Å²) < 4.78 is 7.71. The quantitative estimate of drug-likeness (QED) is 0.298. The van der Waals surface area contributed by atoms with Crippen LogP contribution in [0.3, 0.4) is 0 Å². The van der Waals surface area contributed by atoms with Crippen LogP contribution in [-0.4, -0.2) is 34.3 Å². The minimum atomic E-state index is -0.0422. The van der Waals surface area contributed by atoms with Gasteiger partial charge >= 0.3 is 0 Å². The first-order valence-corrected chi connectivity index (χ1v) is 12.6. The Morgan fingerprint density at radius 2 is 1.66 bits per heavy atom. The number of rotatable bonds is 10. The maximum absolute atomic E-state index is 12.3. The van der Waals surface area contributed by atoms with Gasteiger partial charge in [0.25, 0.3) is 5.91 Å². The molecule has 1 aromatic heterocycles. The van der Waals surface area contributed by atoms with Crippen molar-refractivity contribution in [2.45, 2.75) is 31.2 Å². The van der Waals surface area contributed by atoms with Crippen LogP contribution >= 0.6 is 11.8 Å². The second kappa shape index (κ2) is 11.7. The number of para-hydroxylation sites is 2. The normalized spacial score (nSPS) is 11.0. The van der Waals surface area contributed by atoms with Crippen LogP contribution in [0.25, 0.3) is 5.69 Å². The zero-order valence-electron chi connectivity index (χ0n) is 20.3. The van der Waals surface area contributed by atoms with Crippen molar-refractivity contribution in [2.24, 2.45) is 5.92 Å². The van der Waals surface area contributed by atoms with E-state index in [0.717, 1.165) is 28.0 Å². The van der Waals surface area contributed by atoms with Crippen LogP contribution in [0.5, 0.6) is 5.75 Å². The number of hydrogen-bond donors (Lipinski definition) is 1. The summed E-state index contributed by atoms with van der Waals surface area (Å²) >= 11 is 1.61. The molecule has 0 atom stereocenters. The third kappa shape index (κ3) is 6.31. The molecule has 6 nitrogen and oxygen atoms in total. The Labute approximate surface area is 210 Å². The first-order valence-electron chi connectivity index (χ1n) is 11.7. The van der Waals surface area contributed by atoms with Crippen molar-refractivity contribution in [1.82, 2.24) is 20.1 Å². The number of thioether (sulfide) groups is 1. The minimum absolute atomic E-state index is 0.0422. The molecule has 0 saturated carbocycles. The molecule has 7 heteroatoms. The van der Waals surface area contributed by atoms with Crippen molar-refractivity contribution in [3.05, 3.63) is 101 Å². The second-order valence-corrected chi connectivity index (χ2v) is 9.60.